The fraction of sp³-hybridized carbons (Fsp3) is 0.583. The minimum absolute atomic E-state index is 0.168. The first-order chi connectivity index (χ1) is 8.24. The van der Waals surface area contributed by atoms with Crippen molar-refractivity contribution in [3.8, 4) is 0 Å². The van der Waals surface area contributed by atoms with E-state index < -0.39 is 0 Å². The Hall–Kier alpha value is -0.390. The van der Waals surface area contributed by atoms with Gasteiger partial charge in [-0.3, -0.25) is 4.79 Å². The molecule has 0 aliphatic carbocycles. The molecule has 1 saturated heterocycles. The lowest BCUT2D eigenvalue weighted by Gasteiger charge is -2.09. The van der Waals surface area contributed by atoms with Gasteiger partial charge in [0, 0.05) is 27.7 Å². The van der Waals surface area contributed by atoms with E-state index >= 15 is 0 Å². The van der Waals surface area contributed by atoms with Crippen molar-refractivity contribution in [1.29, 1.82) is 0 Å². The number of carbonyl (C=O) groups excluding carboxylic acids is 1. The summed E-state index contributed by atoms with van der Waals surface area (Å²) >= 11 is 5.12. The molecule has 2 heterocycles. The number of thiophene rings is 1. The summed E-state index contributed by atoms with van der Waals surface area (Å²) in [5, 5.41) is 8.37. The summed E-state index contributed by atoms with van der Waals surface area (Å²) in [5.74, 6) is 0.788. The molecule has 0 aromatic carbocycles. The molecular weight excluding hydrogens is 300 g/mol. The molecule has 0 bridgehead atoms. The fourth-order valence-corrected chi connectivity index (χ4v) is 3.41. The van der Waals surface area contributed by atoms with E-state index in [4.69, 9.17) is 0 Å². The predicted octanol–water partition coefficient (Wildman–Crippen LogP) is 2.17. The molecule has 1 amide bonds. The number of hydrogen-bond acceptors (Lipinski definition) is 3. The van der Waals surface area contributed by atoms with Crippen molar-refractivity contribution in [1.82, 2.24) is 10.6 Å². The molecular formula is C12H17BrN2OS. The van der Waals surface area contributed by atoms with E-state index in [0.717, 1.165) is 30.5 Å². The van der Waals surface area contributed by atoms with Gasteiger partial charge in [-0.1, -0.05) is 0 Å². The second kappa shape index (κ2) is 6.52. The SMILES string of the molecule is O=C(CCc1cc(Br)cs1)NCC1CCNC1. The monoisotopic (exact) mass is 316 g/mol. The van der Waals surface area contributed by atoms with Gasteiger partial charge in [0.05, 0.1) is 0 Å². The maximum atomic E-state index is 11.6. The van der Waals surface area contributed by atoms with Gasteiger partial charge >= 0.3 is 0 Å². The lowest BCUT2D eigenvalue weighted by atomic mass is 10.1. The van der Waals surface area contributed by atoms with E-state index in [0.29, 0.717) is 12.3 Å². The third-order valence-corrected chi connectivity index (χ3v) is 4.73. The normalized spacial score (nSPS) is 19.5. The quantitative estimate of drug-likeness (QED) is 0.874. The van der Waals surface area contributed by atoms with E-state index in [1.165, 1.54) is 11.3 Å². The highest BCUT2D eigenvalue weighted by Crippen LogP contribution is 2.20. The zero-order valence-electron chi connectivity index (χ0n) is 9.67. The smallest absolute Gasteiger partial charge is 0.220 e. The minimum Gasteiger partial charge on any atom is -0.356 e. The summed E-state index contributed by atoms with van der Waals surface area (Å²) < 4.78 is 1.11. The number of hydrogen-bond donors (Lipinski definition) is 2. The van der Waals surface area contributed by atoms with Crippen molar-refractivity contribution in [3.05, 3.63) is 20.8 Å². The summed E-state index contributed by atoms with van der Waals surface area (Å²) in [7, 11) is 0. The molecule has 1 aliphatic rings. The molecule has 0 spiro atoms. The Kier molecular flexibility index (Phi) is 5.00. The lowest BCUT2D eigenvalue weighted by molar-refractivity contribution is -0.121. The molecule has 1 aliphatic heterocycles. The predicted molar refractivity (Wildman–Crippen MR) is 74.3 cm³/mol. The van der Waals surface area contributed by atoms with Crippen LogP contribution in [0, 0.1) is 5.92 Å². The van der Waals surface area contributed by atoms with E-state index in [1.54, 1.807) is 11.3 Å². The number of aryl methyl sites for hydroxylation is 1. The molecule has 2 rings (SSSR count). The van der Waals surface area contributed by atoms with Crippen LogP contribution in [-0.2, 0) is 11.2 Å². The van der Waals surface area contributed by atoms with Crippen molar-refractivity contribution >= 4 is 33.2 Å². The minimum atomic E-state index is 0.168. The molecule has 1 aromatic rings. The van der Waals surface area contributed by atoms with E-state index in [1.807, 2.05) is 0 Å². The molecule has 17 heavy (non-hydrogen) atoms. The van der Waals surface area contributed by atoms with Gasteiger partial charge in [0.25, 0.3) is 0 Å². The average Bonchev–Trinajstić information content (AvgIpc) is 2.95. The molecule has 1 aromatic heterocycles. The van der Waals surface area contributed by atoms with Gasteiger partial charge < -0.3 is 10.6 Å². The zero-order chi connectivity index (χ0) is 12.1. The van der Waals surface area contributed by atoms with Crippen molar-refractivity contribution in [2.45, 2.75) is 19.3 Å². The Labute approximate surface area is 114 Å². The standard InChI is InChI=1S/C12H17BrN2OS/c13-10-5-11(17-8-10)1-2-12(16)15-7-9-3-4-14-6-9/h5,8-9,14H,1-4,6-7H2,(H,15,16). The zero-order valence-corrected chi connectivity index (χ0v) is 12.1. The first-order valence-electron chi connectivity index (χ1n) is 5.94. The third kappa shape index (κ3) is 4.41. The van der Waals surface area contributed by atoms with Crippen LogP contribution in [0.1, 0.15) is 17.7 Å². The van der Waals surface area contributed by atoms with Gasteiger partial charge in [-0.05, 0) is 53.8 Å². The van der Waals surface area contributed by atoms with Gasteiger partial charge in [0.15, 0.2) is 0 Å². The summed E-state index contributed by atoms with van der Waals surface area (Å²) in [5.41, 5.74) is 0. The number of nitrogens with one attached hydrogen (secondary N) is 2. The summed E-state index contributed by atoms with van der Waals surface area (Å²) in [6.07, 6.45) is 2.61. The highest BCUT2D eigenvalue weighted by Gasteiger charge is 2.14. The number of carbonyl (C=O) groups is 1. The Balaban J connectivity index is 1.63. The maximum Gasteiger partial charge on any atom is 0.220 e. The van der Waals surface area contributed by atoms with Crippen LogP contribution in [0.4, 0.5) is 0 Å². The van der Waals surface area contributed by atoms with Crippen LogP contribution in [0.3, 0.4) is 0 Å². The molecule has 5 heteroatoms. The van der Waals surface area contributed by atoms with E-state index in [-0.39, 0.29) is 5.91 Å². The topological polar surface area (TPSA) is 41.1 Å². The van der Waals surface area contributed by atoms with Crippen molar-refractivity contribution in [2.24, 2.45) is 5.92 Å². The van der Waals surface area contributed by atoms with E-state index in [2.05, 4.69) is 38.0 Å². The number of amides is 1. The van der Waals surface area contributed by atoms with Crippen molar-refractivity contribution < 1.29 is 4.79 Å². The van der Waals surface area contributed by atoms with E-state index in [9.17, 15) is 4.79 Å². The van der Waals surface area contributed by atoms with Gasteiger partial charge in [0.2, 0.25) is 5.91 Å². The highest BCUT2D eigenvalue weighted by molar-refractivity contribution is 9.10. The van der Waals surface area contributed by atoms with Crippen molar-refractivity contribution in [3.63, 3.8) is 0 Å². The Morgan fingerprint density at radius 1 is 1.65 bits per heavy atom. The Bertz CT molecular complexity index is 374. The molecule has 1 unspecified atom stereocenters. The Morgan fingerprint density at radius 2 is 2.53 bits per heavy atom. The molecule has 1 fully saturated rings. The second-order valence-electron chi connectivity index (χ2n) is 4.39. The summed E-state index contributed by atoms with van der Waals surface area (Å²) in [6, 6.07) is 2.08. The lowest BCUT2D eigenvalue weighted by Crippen LogP contribution is -2.30. The molecule has 1 atom stereocenters. The molecule has 2 N–H and O–H groups in total. The highest BCUT2D eigenvalue weighted by atomic mass is 79.9. The van der Waals surface area contributed by atoms with Crippen LogP contribution < -0.4 is 10.6 Å². The van der Waals surface area contributed by atoms with Gasteiger partial charge in [-0.2, -0.15) is 0 Å². The van der Waals surface area contributed by atoms with Crippen LogP contribution in [-0.4, -0.2) is 25.5 Å². The molecule has 94 valence electrons. The maximum absolute atomic E-state index is 11.6. The van der Waals surface area contributed by atoms with Gasteiger partial charge in [-0.25, -0.2) is 0 Å². The number of halogens is 1. The van der Waals surface area contributed by atoms with Crippen LogP contribution in [0.2, 0.25) is 0 Å². The molecule has 3 nitrogen and oxygen atoms in total. The van der Waals surface area contributed by atoms with Crippen molar-refractivity contribution in [2.75, 3.05) is 19.6 Å². The van der Waals surface area contributed by atoms with Crippen LogP contribution >= 0.6 is 27.3 Å². The molecule has 0 saturated carbocycles. The molecule has 0 radical (unpaired) electrons. The average molecular weight is 317 g/mol. The van der Waals surface area contributed by atoms with Gasteiger partial charge in [-0.15, -0.1) is 11.3 Å². The number of rotatable bonds is 5. The fourth-order valence-electron chi connectivity index (χ4n) is 1.96. The second-order valence-corrected chi connectivity index (χ2v) is 6.31. The largest absolute Gasteiger partial charge is 0.356 e. The summed E-state index contributed by atoms with van der Waals surface area (Å²) in [6.45, 7) is 2.95. The van der Waals surface area contributed by atoms with Crippen LogP contribution in [0.25, 0.3) is 0 Å². The summed E-state index contributed by atoms with van der Waals surface area (Å²) in [4.78, 5) is 12.9. The van der Waals surface area contributed by atoms with Crippen LogP contribution in [0.5, 0.6) is 0 Å². The van der Waals surface area contributed by atoms with Gasteiger partial charge in [0.1, 0.15) is 0 Å². The first kappa shape index (κ1) is 13.1. The third-order valence-electron chi connectivity index (χ3n) is 2.97. The first-order valence-corrected chi connectivity index (χ1v) is 7.61. The Morgan fingerprint density at radius 3 is 3.18 bits per heavy atom. The van der Waals surface area contributed by atoms with Crippen LogP contribution in [0.15, 0.2) is 15.9 Å².